The van der Waals surface area contributed by atoms with E-state index in [1.807, 2.05) is 0 Å². The van der Waals surface area contributed by atoms with Crippen molar-refractivity contribution in [2.24, 2.45) is 10.9 Å². The largest absolute Gasteiger partial charge is 0.357 e. The van der Waals surface area contributed by atoms with Gasteiger partial charge in [-0.25, -0.2) is 0 Å². The number of hydrogen-bond acceptors (Lipinski definition) is 3. The van der Waals surface area contributed by atoms with E-state index in [1.54, 1.807) is 0 Å². The van der Waals surface area contributed by atoms with E-state index >= 15 is 0 Å². The Bertz CT molecular complexity index is 494. The van der Waals surface area contributed by atoms with Gasteiger partial charge in [0, 0.05) is 38.1 Å². The fraction of sp³-hybridized carbons (Fsp3) is 0.913. The van der Waals surface area contributed by atoms with Crippen LogP contribution in [0.3, 0.4) is 0 Å². The lowest BCUT2D eigenvalue weighted by atomic mass is 9.88. The lowest BCUT2D eigenvalue weighted by Crippen LogP contribution is -2.45. The lowest BCUT2D eigenvalue weighted by molar-refractivity contribution is -0.135. The third-order valence-electron chi connectivity index (χ3n) is 6.17. The molecule has 6 nitrogen and oxygen atoms in total. The van der Waals surface area contributed by atoms with Gasteiger partial charge in [-0.2, -0.15) is 0 Å². The Morgan fingerprint density at radius 3 is 2.43 bits per heavy atom. The van der Waals surface area contributed by atoms with Gasteiger partial charge >= 0.3 is 0 Å². The molecule has 30 heavy (non-hydrogen) atoms. The van der Waals surface area contributed by atoms with Crippen LogP contribution in [0.15, 0.2) is 4.99 Å². The zero-order chi connectivity index (χ0) is 20.9. The summed E-state index contributed by atoms with van der Waals surface area (Å²) >= 11 is 0. The average molecular weight is 536 g/mol. The smallest absolute Gasteiger partial charge is 0.225 e. The summed E-state index contributed by atoms with van der Waals surface area (Å²) in [4.78, 5) is 21.9. The van der Waals surface area contributed by atoms with Crippen molar-refractivity contribution in [2.75, 3.05) is 46.8 Å². The normalized spacial score (nSPS) is 20.3. The van der Waals surface area contributed by atoms with E-state index in [0.29, 0.717) is 11.9 Å². The topological polar surface area (TPSA) is 60.0 Å². The van der Waals surface area contributed by atoms with Gasteiger partial charge in [0.1, 0.15) is 0 Å². The summed E-state index contributed by atoms with van der Waals surface area (Å²) in [6.07, 6.45) is 13.2. The molecule has 2 rings (SSSR count). The van der Waals surface area contributed by atoms with Crippen LogP contribution in [0.1, 0.15) is 77.6 Å². The maximum atomic E-state index is 12.8. The molecule has 1 aliphatic heterocycles. The number of unbranched alkanes of at least 4 members (excludes halogenated alkanes) is 4. The predicted octanol–water partition coefficient (Wildman–Crippen LogP) is 3.85. The van der Waals surface area contributed by atoms with Crippen LogP contribution < -0.4 is 10.6 Å². The highest BCUT2D eigenvalue weighted by Crippen LogP contribution is 2.26. The molecule has 1 heterocycles. The second-order valence-corrected chi connectivity index (χ2v) is 9.08. The number of likely N-dealkylation sites (tertiary alicyclic amines) is 1. The Morgan fingerprint density at radius 2 is 1.73 bits per heavy atom. The molecule has 0 spiro atoms. The maximum Gasteiger partial charge on any atom is 0.225 e. The van der Waals surface area contributed by atoms with Crippen molar-refractivity contribution in [3.63, 3.8) is 0 Å². The van der Waals surface area contributed by atoms with Crippen molar-refractivity contribution in [3.05, 3.63) is 0 Å². The fourth-order valence-electron chi connectivity index (χ4n) is 4.46. The molecule has 2 fully saturated rings. The second-order valence-electron chi connectivity index (χ2n) is 9.08. The van der Waals surface area contributed by atoms with E-state index in [0.717, 1.165) is 57.8 Å². The van der Waals surface area contributed by atoms with E-state index < -0.39 is 0 Å². The third-order valence-corrected chi connectivity index (χ3v) is 6.17. The van der Waals surface area contributed by atoms with E-state index in [9.17, 15) is 4.79 Å². The van der Waals surface area contributed by atoms with Crippen LogP contribution in [0.2, 0.25) is 0 Å². The monoisotopic (exact) mass is 535 g/mol. The molecule has 0 aromatic carbocycles. The summed E-state index contributed by atoms with van der Waals surface area (Å²) in [7, 11) is 4.28. The van der Waals surface area contributed by atoms with Gasteiger partial charge in [0.05, 0.1) is 0 Å². The number of halogens is 1. The van der Waals surface area contributed by atoms with Gasteiger partial charge < -0.3 is 20.4 Å². The zero-order valence-corrected chi connectivity index (χ0v) is 22.0. The number of guanidine groups is 1. The molecular formula is C23H46IN5O. The Labute approximate surface area is 202 Å². The van der Waals surface area contributed by atoms with Gasteiger partial charge in [-0.15, -0.1) is 24.0 Å². The number of hydrogen-bond donors (Lipinski definition) is 2. The summed E-state index contributed by atoms with van der Waals surface area (Å²) in [5.74, 6) is 1.59. The minimum atomic E-state index is 0. The number of rotatable bonds is 11. The second kappa shape index (κ2) is 16.1. The Balaban J connectivity index is 0.00000450. The Hall–Kier alpha value is -0.570. The van der Waals surface area contributed by atoms with Gasteiger partial charge in [-0.3, -0.25) is 9.79 Å². The maximum absolute atomic E-state index is 12.8. The number of aliphatic imine (C=N–C) groups is 1. The number of nitrogens with one attached hydrogen (secondary N) is 2. The van der Waals surface area contributed by atoms with Crippen molar-refractivity contribution in [1.82, 2.24) is 20.4 Å². The van der Waals surface area contributed by atoms with Crippen molar-refractivity contribution in [3.8, 4) is 0 Å². The fourth-order valence-corrected chi connectivity index (χ4v) is 4.46. The highest BCUT2D eigenvalue weighted by molar-refractivity contribution is 14.0. The number of carbonyl (C=O) groups excluding carboxylic acids is 1. The quantitative estimate of drug-likeness (QED) is 0.183. The van der Waals surface area contributed by atoms with E-state index in [2.05, 4.69) is 41.5 Å². The molecule has 0 aromatic rings. The molecule has 7 heteroatoms. The molecule has 1 amide bonds. The Kier molecular flexibility index (Phi) is 14.8. The van der Waals surface area contributed by atoms with E-state index in [4.69, 9.17) is 4.99 Å². The first-order valence-electron chi connectivity index (χ1n) is 12.1. The molecule has 176 valence electrons. The summed E-state index contributed by atoms with van der Waals surface area (Å²) < 4.78 is 0. The first-order chi connectivity index (χ1) is 14.1. The lowest BCUT2D eigenvalue weighted by Gasteiger charge is -2.26. The van der Waals surface area contributed by atoms with Crippen LogP contribution in [0.5, 0.6) is 0 Å². The molecule has 1 aliphatic carbocycles. The van der Waals surface area contributed by atoms with Gasteiger partial charge in [0.2, 0.25) is 5.91 Å². The predicted molar refractivity (Wildman–Crippen MR) is 138 cm³/mol. The van der Waals surface area contributed by atoms with Crippen LogP contribution in [-0.4, -0.2) is 74.5 Å². The molecular weight excluding hydrogens is 489 g/mol. The molecule has 0 radical (unpaired) electrons. The molecule has 2 aliphatic rings. The highest BCUT2D eigenvalue weighted by atomic mass is 127. The number of amides is 1. The van der Waals surface area contributed by atoms with Gasteiger partial charge in [-0.05, 0) is 59.7 Å². The van der Waals surface area contributed by atoms with Gasteiger partial charge in [0.25, 0.3) is 0 Å². The van der Waals surface area contributed by atoms with Crippen LogP contribution in [0.25, 0.3) is 0 Å². The van der Waals surface area contributed by atoms with Crippen molar-refractivity contribution in [1.29, 1.82) is 0 Å². The number of carbonyl (C=O) groups is 1. The average Bonchev–Trinajstić information content (AvgIpc) is 3.18. The van der Waals surface area contributed by atoms with E-state index in [1.165, 1.54) is 51.5 Å². The zero-order valence-electron chi connectivity index (χ0n) is 19.6. The molecule has 0 bridgehead atoms. The highest BCUT2D eigenvalue weighted by Gasteiger charge is 2.31. The van der Waals surface area contributed by atoms with Crippen molar-refractivity contribution < 1.29 is 4.79 Å². The van der Waals surface area contributed by atoms with E-state index in [-0.39, 0.29) is 29.9 Å². The first kappa shape index (κ1) is 27.5. The minimum Gasteiger partial charge on any atom is -0.357 e. The SMILES string of the molecule is CCNC(=NCCCCCCCN(C)C)NC1CCN(C(=O)C2CCCCC2)C1.I. The molecule has 1 unspecified atom stereocenters. The molecule has 0 aromatic heterocycles. The van der Waals surface area contributed by atoms with Gasteiger partial charge in [0.15, 0.2) is 5.96 Å². The summed E-state index contributed by atoms with van der Waals surface area (Å²) in [6, 6.07) is 0.325. The molecule has 1 atom stereocenters. The van der Waals surface area contributed by atoms with Crippen LogP contribution in [0.4, 0.5) is 0 Å². The summed E-state index contributed by atoms with van der Waals surface area (Å²) in [6.45, 7) is 6.75. The minimum absolute atomic E-state index is 0. The standard InChI is InChI=1S/C23H45N5O.HI/c1-4-24-23(25-16-11-6-5-7-12-17-27(2)3)26-21-15-18-28(19-21)22(29)20-13-9-8-10-14-20;/h20-21H,4-19H2,1-3H3,(H2,24,25,26);1H. The van der Waals surface area contributed by atoms with Gasteiger partial charge in [-0.1, -0.05) is 38.5 Å². The first-order valence-corrected chi connectivity index (χ1v) is 12.1. The summed E-state index contributed by atoms with van der Waals surface area (Å²) in [5, 5.41) is 6.94. The number of nitrogens with zero attached hydrogens (tertiary/aromatic N) is 3. The molecule has 2 N–H and O–H groups in total. The van der Waals surface area contributed by atoms with Crippen molar-refractivity contribution >= 4 is 35.8 Å². The van der Waals surface area contributed by atoms with Crippen LogP contribution >= 0.6 is 24.0 Å². The molecule has 1 saturated heterocycles. The Morgan fingerprint density at radius 1 is 1.03 bits per heavy atom. The van der Waals surface area contributed by atoms with Crippen molar-refractivity contribution in [2.45, 2.75) is 83.6 Å². The summed E-state index contributed by atoms with van der Waals surface area (Å²) in [5.41, 5.74) is 0. The molecule has 1 saturated carbocycles. The van der Waals surface area contributed by atoms with Crippen LogP contribution in [-0.2, 0) is 4.79 Å². The van der Waals surface area contributed by atoms with Crippen LogP contribution in [0, 0.1) is 5.92 Å². The third kappa shape index (κ3) is 10.6.